The summed E-state index contributed by atoms with van der Waals surface area (Å²) in [4.78, 5) is 34.3. The van der Waals surface area contributed by atoms with Crippen LogP contribution in [0.15, 0.2) is 66.2 Å². The number of benzene rings is 2. The minimum absolute atomic E-state index is 0.0205. The standard InChI is InChI=1S/C23H23ClN4O2S/c24-19-9-5-4-8-18(19)22(30)26-20(17-6-2-1-3-7-17)16-21(29)27-11-13-28(14-12-27)23-25-10-15-31-23/h1-10,15,20H,11-14,16H2,(H,26,30). The lowest BCUT2D eigenvalue weighted by molar-refractivity contribution is -0.132. The van der Waals surface area contributed by atoms with E-state index in [2.05, 4.69) is 15.2 Å². The molecule has 1 N–H and O–H groups in total. The third-order valence-electron chi connectivity index (χ3n) is 5.33. The van der Waals surface area contributed by atoms with Gasteiger partial charge in [-0.25, -0.2) is 4.98 Å². The van der Waals surface area contributed by atoms with Crippen LogP contribution >= 0.6 is 22.9 Å². The summed E-state index contributed by atoms with van der Waals surface area (Å²) < 4.78 is 0. The van der Waals surface area contributed by atoms with Gasteiger partial charge in [0, 0.05) is 37.8 Å². The van der Waals surface area contributed by atoms with Crippen molar-refractivity contribution in [2.24, 2.45) is 0 Å². The fourth-order valence-electron chi connectivity index (χ4n) is 3.64. The number of thiazole rings is 1. The zero-order valence-corrected chi connectivity index (χ0v) is 18.5. The minimum Gasteiger partial charge on any atom is -0.345 e. The summed E-state index contributed by atoms with van der Waals surface area (Å²) in [5, 5.41) is 6.33. The van der Waals surface area contributed by atoms with E-state index >= 15 is 0 Å². The second-order valence-electron chi connectivity index (χ2n) is 7.30. The average Bonchev–Trinajstić information content (AvgIpc) is 3.34. The minimum atomic E-state index is -0.436. The molecule has 160 valence electrons. The maximum atomic E-state index is 13.1. The molecule has 1 saturated heterocycles. The van der Waals surface area contributed by atoms with Crippen LogP contribution < -0.4 is 10.2 Å². The molecule has 0 aliphatic carbocycles. The van der Waals surface area contributed by atoms with Gasteiger partial charge in [0.25, 0.3) is 5.91 Å². The molecular weight excluding hydrogens is 432 g/mol. The Bertz CT molecular complexity index is 1020. The van der Waals surface area contributed by atoms with Gasteiger partial charge in [-0.3, -0.25) is 9.59 Å². The molecule has 6 nitrogen and oxygen atoms in total. The Morgan fingerprint density at radius 2 is 1.74 bits per heavy atom. The van der Waals surface area contributed by atoms with Crippen molar-refractivity contribution in [2.45, 2.75) is 12.5 Å². The van der Waals surface area contributed by atoms with E-state index in [0.29, 0.717) is 23.7 Å². The number of halogens is 1. The SMILES string of the molecule is O=C(NC(CC(=O)N1CCN(c2nccs2)CC1)c1ccccc1)c1ccccc1Cl. The predicted octanol–water partition coefficient (Wildman–Crippen LogP) is 4.01. The summed E-state index contributed by atoms with van der Waals surface area (Å²) in [5.41, 5.74) is 1.28. The van der Waals surface area contributed by atoms with Crippen LogP contribution in [0.5, 0.6) is 0 Å². The van der Waals surface area contributed by atoms with E-state index in [1.54, 1.807) is 41.8 Å². The molecule has 1 fully saturated rings. The number of piperazine rings is 1. The fraction of sp³-hybridized carbons (Fsp3) is 0.261. The first kappa shape index (κ1) is 21.3. The van der Waals surface area contributed by atoms with Crippen molar-refractivity contribution < 1.29 is 9.59 Å². The first-order valence-electron chi connectivity index (χ1n) is 10.1. The Hall–Kier alpha value is -2.90. The predicted molar refractivity (Wildman–Crippen MR) is 124 cm³/mol. The lowest BCUT2D eigenvalue weighted by Gasteiger charge is -2.35. The molecule has 31 heavy (non-hydrogen) atoms. The molecule has 0 saturated carbocycles. The highest BCUT2D eigenvalue weighted by atomic mass is 35.5. The van der Waals surface area contributed by atoms with Crippen LogP contribution in [0.3, 0.4) is 0 Å². The van der Waals surface area contributed by atoms with E-state index in [-0.39, 0.29) is 18.2 Å². The number of carbonyl (C=O) groups excluding carboxylic acids is 2. The van der Waals surface area contributed by atoms with Crippen molar-refractivity contribution in [2.75, 3.05) is 31.1 Å². The molecule has 0 radical (unpaired) electrons. The zero-order valence-electron chi connectivity index (χ0n) is 16.9. The molecule has 1 aliphatic rings. The molecule has 2 aromatic carbocycles. The molecule has 4 rings (SSSR count). The van der Waals surface area contributed by atoms with Crippen LogP contribution in [-0.4, -0.2) is 47.9 Å². The third kappa shape index (κ3) is 5.24. The van der Waals surface area contributed by atoms with Crippen LogP contribution in [0.1, 0.15) is 28.4 Å². The Morgan fingerprint density at radius 3 is 2.42 bits per heavy atom. The molecule has 1 aliphatic heterocycles. The Balaban J connectivity index is 1.43. The van der Waals surface area contributed by atoms with Crippen molar-refractivity contribution >= 4 is 39.9 Å². The van der Waals surface area contributed by atoms with E-state index in [1.807, 2.05) is 40.6 Å². The zero-order chi connectivity index (χ0) is 21.6. The van der Waals surface area contributed by atoms with Crippen LogP contribution in [0.2, 0.25) is 5.02 Å². The van der Waals surface area contributed by atoms with E-state index in [1.165, 1.54) is 0 Å². The molecule has 2 heterocycles. The Kier molecular flexibility index (Phi) is 6.84. The molecule has 0 bridgehead atoms. The maximum Gasteiger partial charge on any atom is 0.253 e. The van der Waals surface area contributed by atoms with Crippen molar-refractivity contribution in [1.82, 2.24) is 15.2 Å². The summed E-state index contributed by atoms with van der Waals surface area (Å²) in [6.45, 7) is 2.78. The van der Waals surface area contributed by atoms with Gasteiger partial charge in [-0.15, -0.1) is 11.3 Å². The summed E-state index contributed by atoms with van der Waals surface area (Å²) in [6.07, 6.45) is 1.99. The fourth-order valence-corrected chi connectivity index (χ4v) is 4.56. The monoisotopic (exact) mass is 454 g/mol. The molecule has 1 unspecified atom stereocenters. The summed E-state index contributed by atoms with van der Waals surface area (Å²) in [7, 11) is 0. The van der Waals surface area contributed by atoms with Gasteiger partial charge in [-0.05, 0) is 17.7 Å². The van der Waals surface area contributed by atoms with Crippen LogP contribution in [0.25, 0.3) is 0 Å². The van der Waals surface area contributed by atoms with E-state index < -0.39 is 6.04 Å². The maximum absolute atomic E-state index is 13.1. The highest BCUT2D eigenvalue weighted by Crippen LogP contribution is 2.23. The number of hydrogen-bond donors (Lipinski definition) is 1. The number of nitrogens with one attached hydrogen (secondary N) is 1. The van der Waals surface area contributed by atoms with Crippen molar-refractivity contribution in [3.8, 4) is 0 Å². The highest BCUT2D eigenvalue weighted by molar-refractivity contribution is 7.13. The van der Waals surface area contributed by atoms with Gasteiger partial charge in [-0.1, -0.05) is 54.1 Å². The van der Waals surface area contributed by atoms with Gasteiger partial charge < -0.3 is 15.1 Å². The molecule has 0 spiro atoms. The van der Waals surface area contributed by atoms with E-state index in [0.717, 1.165) is 23.8 Å². The van der Waals surface area contributed by atoms with Gasteiger partial charge in [0.2, 0.25) is 5.91 Å². The normalized spacial score (nSPS) is 14.9. The van der Waals surface area contributed by atoms with Gasteiger partial charge >= 0.3 is 0 Å². The molecule has 8 heteroatoms. The van der Waals surface area contributed by atoms with E-state index in [9.17, 15) is 9.59 Å². The number of aromatic nitrogens is 1. The van der Waals surface area contributed by atoms with Gasteiger partial charge in [0.05, 0.1) is 23.0 Å². The lowest BCUT2D eigenvalue weighted by atomic mass is 10.0. The molecule has 1 aromatic heterocycles. The van der Waals surface area contributed by atoms with Gasteiger partial charge in [-0.2, -0.15) is 0 Å². The van der Waals surface area contributed by atoms with Crippen molar-refractivity contribution in [3.05, 3.63) is 82.3 Å². The van der Waals surface area contributed by atoms with Crippen LogP contribution in [0, 0.1) is 0 Å². The molecular formula is C23H23ClN4O2S. The molecule has 3 aromatic rings. The summed E-state index contributed by atoms with van der Waals surface area (Å²) in [5.74, 6) is -0.270. The van der Waals surface area contributed by atoms with E-state index in [4.69, 9.17) is 11.6 Å². The second kappa shape index (κ2) is 9.94. The van der Waals surface area contributed by atoms with Crippen LogP contribution in [-0.2, 0) is 4.79 Å². The van der Waals surface area contributed by atoms with Gasteiger partial charge in [0.15, 0.2) is 5.13 Å². The summed E-state index contributed by atoms with van der Waals surface area (Å²) in [6, 6.07) is 16.0. The Morgan fingerprint density at radius 1 is 1.03 bits per heavy atom. The first-order chi connectivity index (χ1) is 15.1. The van der Waals surface area contributed by atoms with Crippen molar-refractivity contribution in [3.63, 3.8) is 0 Å². The topological polar surface area (TPSA) is 65.5 Å². The smallest absolute Gasteiger partial charge is 0.253 e. The number of anilines is 1. The molecule has 1 atom stereocenters. The second-order valence-corrected chi connectivity index (χ2v) is 8.58. The Labute approximate surface area is 190 Å². The summed E-state index contributed by atoms with van der Waals surface area (Å²) >= 11 is 7.79. The number of carbonyl (C=O) groups is 2. The highest BCUT2D eigenvalue weighted by Gasteiger charge is 2.26. The first-order valence-corrected chi connectivity index (χ1v) is 11.4. The third-order valence-corrected chi connectivity index (χ3v) is 6.49. The van der Waals surface area contributed by atoms with Crippen LogP contribution in [0.4, 0.5) is 5.13 Å². The number of rotatable bonds is 6. The van der Waals surface area contributed by atoms with Gasteiger partial charge in [0.1, 0.15) is 0 Å². The number of hydrogen-bond acceptors (Lipinski definition) is 5. The quantitative estimate of drug-likeness (QED) is 0.611. The molecule has 2 amide bonds. The lowest BCUT2D eigenvalue weighted by Crippen LogP contribution is -2.49. The van der Waals surface area contributed by atoms with Crippen molar-refractivity contribution in [1.29, 1.82) is 0 Å². The average molecular weight is 455 g/mol. The largest absolute Gasteiger partial charge is 0.345 e. The number of nitrogens with zero attached hydrogens (tertiary/aromatic N) is 3. The number of amides is 2.